The number of nitrogen functional groups attached to an aromatic ring is 1. The molecule has 1 heterocycles. The van der Waals surface area contributed by atoms with Gasteiger partial charge < -0.3 is 24.8 Å². The number of carbonyl (C=O) groups excluding carboxylic acids is 1. The summed E-state index contributed by atoms with van der Waals surface area (Å²) >= 11 is 0. The lowest BCUT2D eigenvalue weighted by Crippen LogP contribution is -2.17. The Morgan fingerprint density at radius 2 is 1.72 bits per heavy atom. The van der Waals surface area contributed by atoms with Crippen molar-refractivity contribution < 1.29 is 19.0 Å². The maximum absolute atomic E-state index is 12.3. The topological polar surface area (TPSA) is 113 Å². The fraction of sp³-hybridized carbons (Fsp3) is 0.375. The first-order valence-electron chi connectivity index (χ1n) is 7.43. The second-order valence-electron chi connectivity index (χ2n) is 5.39. The molecule has 0 aliphatic heterocycles. The van der Waals surface area contributed by atoms with Crippen molar-refractivity contribution in [1.82, 2.24) is 15.0 Å². The van der Waals surface area contributed by atoms with Gasteiger partial charge in [0.2, 0.25) is 11.9 Å². The summed E-state index contributed by atoms with van der Waals surface area (Å²) in [5.74, 6) is 1.22. The molecule has 0 saturated heterocycles. The Hall–Kier alpha value is -3.10. The minimum atomic E-state index is -0.554. The number of rotatable bonds is 6. The molecule has 1 aromatic heterocycles. The zero-order valence-corrected chi connectivity index (χ0v) is 14.9. The molecule has 0 aliphatic rings. The smallest absolute Gasteiger partial charge is 0.338 e. The minimum Gasteiger partial charge on any atom is -0.496 e. The summed E-state index contributed by atoms with van der Waals surface area (Å²) in [5.41, 5.74) is 6.74. The monoisotopic (exact) mass is 347 g/mol. The first-order valence-corrected chi connectivity index (χ1v) is 7.43. The second-order valence-corrected chi connectivity index (χ2v) is 5.39. The van der Waals surface area contributed by atoms with E-state index >= 15 is 0 Å². The van der Waals surface area contributed by atoms with E-state index in [9.17, 15) is 4.79 Å². The van der Waals surface area contributed by atoms with Gasteiger partial charge in [0, 0.05) is 19.7 Å². The normalized spacial score (nSPS) is 10.3. The van der Waals surface area contributed by atoms with E-state index in [1.807, 2.05) is 6.92 Å². The number of benzene rings is 1. The van der Waals surface area contributed by atoms with Crippen molar-refractivity contribution in [2.24, 2.45) is 0 Å². The molecule has 0 radical (unpaired) electrons. The van der Waals surface area contributed by atoms with Crippen LogP contribution in [-0.2, 0) is 11.3 Å². The molecule has 0 spiro atoms. The highest BCUT2D eigenvalue weighted by Gasteiger charge is 2.16. The summed E-state index contributed by atoms with van der Waals surface area (Å²) < 4.78 is 15.8. The average molecular weight is 347 g/mol. The lowest BCUT2D eigenvalue weighted by Gasteiger charge is -2.13. The molecule has 2 rings (SSSR count). The molecule has 0 aliphatic carbocycles. The third kappa shape index (κ3) is 4.25. The van der Waals surface area contributed by atoms with E-state index in [-0.39, 0.29) is 18.4 Å². The number of methoxy groups -OCH3 is 2. The van der Waals surface area contributed by atoms with Crippen molar-refractivity contribution in [3.8, 4) is 11.5 Å². The molecular formula is C16H21N5O4. The van der Waals surface area contributed by atoms with Gasteiger partial charge >= 0.3 is 5.97 Å². The number of anilines is 2. The average Bonchev–Trinajstić information content (AvgIpc) is 2.59. The summed E-state index contributed by atoms with van der Waals surface area (Å²) in [6.07, 6.45) is 0. The van der Waals surface area contributed by atoms with E-state index in [1.54, 1.807) is 31.1 Å². The van der Waals surface area contributed by atoms with Gasteiger partial charge in [0.25, 0.3) is 0 Å². The molecular weight excluding hydrogens is 326 g/mol. The molecule has 0 atom stereocenters. The Bertz CT molecular complexity index is 754. The predicted molar refractivity (Wildman–Crippen MR) is 92.0 cm³/mol. The Kier molecular flexibility index (Phi) is 5.58. The van der Waals surface area contributed by atoms with Crippen molar-refractivity contribution in [2.75, 3.05) is 38.9 Å². The summed E-state index contributed by atoms with van der Waals surface area (Å²) in [5, 5.41) is 0. The van der Waals surface area contributed by atoms with Gasteiger partial charge in [0.05, 0.1) is 19.8 Å². The largest absolute Gasteiger partial charge is 0.496 e. The van der Waals surface area contributed by atoms with E-state index in [1.165, 1.54) is 14.2 Å². The van der Waals surface area contributed by atoms with Crippen LogP contribution in [0.1, 0.15) is 21.7 Å². The lowest BCUT2D eigenvalue weighted by molar-refractivity contribution is 0.0461. The first kappa shape index (κ1) is 18.2. The number of nitrogens with two attached hydrogens (primary N) is 1. The Morgan fingerprint density at radius 1 is 1.12 bits per heavy atom. The van der Waals surface area contributed by atoms with Crippen LogP contribution in [0.15, 0.2) is 12.1 Å². The van der Waals surface area contributed by atoms with Crippen LogP contribution < -0.4 is 20.1 Å². The number of hydrogen-bond donors (Lipinski definition) is 1. The lowest BCUT2D eigenvalue weighted by atomic mass is 10.1. The van der Waals surface area contributed by atoms with Gasteiger partial charge in [-0.1, -0.05) is 0 Å². The number of carbonyl (C=O) groups is 1. The fourth-order valence-corrected chi connectivity index (χ4v) is 2.11. The molecule has 9 nitrogen and oxygen atoms in total. The zero-order valence-electron chi connectivity index (χ0n) is 14.9. The minimum absolute atomic E-state index is 0.0587. The predicted octanol–water partition coefficient (Wildman–Crippen LogP) is 1.20. The second kappa shape index (κ2) is 7.65. The summed E-state index contributed by atoms with van der Waals surface area (Å²) in [6.45, 7) is 1.70. The molecule has 0 unspecified atom stereocenters. The number of nitrogens with zero attached hydrogens (tertiary/aromatic N) is 4. The van der Waals surface area contributed by atoms with Crippen molar-refractivity contribution in [3.63, 3.8) is 0 Å². The van der Waals surface area contributed by atoms with Crippen LogP contribution in [0.2, 0.25) is 0 Å². The van der Waals surface area contributed by atoms with Crippen LogP contribution in [-0.4, -0.2) is 49.2 Å². The van der Waals surface area contributed by atoms with Gasteiger partial charge in [-0.15, -0.1) is 0 Å². The first-order chi connectivity index (χ1) is 11.8. The van der Waals surface area contributed by atoms with Crippen molar-refractivity contribution in [3.05, 3.63) is 29.1 Å². The highest BCUT2D eigenvalue weighted by molar-refractivity contribution is 5.90. The Morgan fingerprint density at radius 3 is 2.24 bits per heavy atom. The molecule has 0 bridgehead atoms. The third-order valence-corrected chi connectivity index (χ3v) is 3.41. The Labute approximate surface area is 145 Å². The molecule has 0 fully saturated rings. The molecule has 0 amide bonds. The van der Waals surface area contributed by atoms with E-state index in [4.69, 9.17) is 19.9 Å². The van der Waals surface area contributed by atoms with Crippen molar-refractivity contribution >= 4 is 17.9 Å². The standard InChI is InChI=1S/C16H21N5O4/c1-9-11(23-4)6-10(7-12(9)24-5)14(22)25-8-13-18-15(17)20-16(19-13)21(2)3/h6-7H,8H2,1-5H3,(H2,17,18,19,20). The number of aromatic nitrogens is 3. The molecule has 0 saturated carbocycles. The van der Waals surface area contributed by atoms with E-state index in [0.717, 1.165) is 5.56 Å². The van der Waals surface area contributed by atoms with Crippen molar-refractivity contribution in [1.29, 1.82) is 0 Å². The number of ether oxygens (including phenoxy) is 3. The van der Waals surface area contributed by atoms with Gasteiger partial charge in [-0.2, -0.15) is 15.0 Å². The van der Waals surface area contributed by atoms with Crippen LogP contribution in [0.5, 0.6) is 11.5 Å². The molecule has 134 valence electrons. The molecule has 25 heavy (non-hydrogen) atoms. The van der Waals surface area contributed by atoms with Gasteiger partial charge in [-0.3, -0.25) is 0 Å². The van der Waals surface area contributed by atoms with Crippen LogP contribution in [0.4, 0.5) is 11.9 Å². The van der Waals surface area contributed by atoms with Crippen LogP contribution in [0, 0.1) is 6.92 Å². The molecule has 2 N–H and O–H groups in total. The van der Waals surface area contributed by atoms with Gasteiger partial charge in [-0.05, 0) is 19.1 Å². The van der Waals surface area contributed by atoms with Crippen LogP contribution >= 0.6 is 0 Å². The summed E-state index contributed by atoms with van der Waals surface area (Å²) in [6, 6.07) is 3.18. The highest BCUT2D eigenvalue weighted by Crippen LogP contribution is 2.29. The van der Waals surface area contributed by atoms with E-state index in [0.29, 0.717) is 23.0 Å². The number of hydrogen-bond acceptors (Lipinski definition) is 9. The molecule has 2 aromatic rings. The molecule has 1 aromatic carbocycles. The van der Waals surface area contributed by atoms with Crippen LogP contribution in [0.25, 0.3) is 0 Å². The van der Waals surface area contributed by atoms with Crippen molar-refractivity contribution in [2.45, 2.75) is 13.5 Å². The number of esters is 1. The third-order valence-electron chi connectivity index (χ3n) is 3.41. The SMILES string of the molecule is COc1cc(C(=O)OCc2nc(N)nc(N(C)C)n2)cc(OC)c1C. The Balaban J connectivity index is 2.18. The summed E-state index contributed by atoms with van der Waals surface area (Å²) in [7, 11) is 6.59. The van der Waals surface area contributed by atoms with Gasteiger partial charge in [0.1, 0.15) is 11.5 Å². The zero-order chi connectivity index (χ0) is 18.6. The van der Waals surface area contributed by atoms with Gasteiger partial charge in [0.15, 0.2) is 12.4 Å². The fourth-order valence-electron chi connectivity index (χ4n) is 2.11. The molecule has 9 heteroatoms. The maximum Gasteiger partial charge on any atom is 0.338 e. The summed E-state index contributed by atoms with van der Waals surface area (Å²) in [4.78, 5) is 26.1. The van der Waals surface area contributed by atoms with E-state index in [2.05, 4.69) is 15.0 Å². The van der Waals surface area contributed by atoms with E-state index < -0.39 is 5.97 Å². The highest BCUT2D eigenvalue weighted by atomic mass is 16.5. The van der Waals surface area contributed by atoms with Gasteiger partial charge in [-0.25, -0.2) is 4.79 Å². The maximum atomic E-state index is 12.3. The quantitative estimate of drug-likeness (QED) is 0.770. The van der Waals surface area contributed by atoms with Crippen LogP contribution in [0.3, 0.4) is 0 Å².